The van der Waals surface area contributed by atoms with E-state index in [4.69, 9.17) is 22.7 Å². The van der Waals surface area contributed by atoms with Crippen molar-refractivity contribution in [2.24, 2.45) is 11.7 Å². The van der Waals surface area contributed by atoms with Crippen molar-refractivity contribution in [3.8, 4) is 11.1 Å². The molecule has 0 fully saturated rings. The molecular formula is C23H24N4O3S2. The number of carbonyl (C=O) groups excluding carboxylic acids is 2. The number of nitrogens with two attached hydrogens (primary N) is 1. The molecule has 0 aliphatic heterocycles. The number of H-pyrrole nitrogens is 1. The van der Waals surface area contributed by atoms with Crippen molar-refractivity contribution >= 4 is 40.7 Å². The zero-order valence-electron chi connectivity index (χ0n) is 17.8. The molecule has 1 heterocycles. The molecule has 1 aromatic heterocycles. The Kier molecular flexibility index (Phi) is 6.50. The van der Waals surface area contributed by atoms with Gasteiger partial charge < -0.3 is 10.5 Å². The minimum atomic E-state index is -0.854. The molecule has 9 heteroatoms. The fourth-order valence-electron chi connectivity index (χ4n) is 4.01. The fourth-order valence-corrected chi connectivity index (χ4v) is 4.89. The van der Waals surface area contributed by atoms with Crippen LogP contribution in [-0.4, -0.2) is 34.8 Å². The molecule has 3 N–H and O–H groups in total. The summed E-state index contributed by atoms with van der Waals surface area (Å²) in [7, 11) is 0. The monoisotopic (exact) mass is 468 g/mol. The molecule has 0 bridgehead atoms. The van der Waals surface area contributed by atoms with Gasteiger partial charge in [0.2, 0.25) is 5.13 Å². The summed E-state index contributed by atoms with van der Waals surface area (Å²) >= 11 is 6.10. The normalized spacial score (nSPS) is 13.5. The first-order valence-electron chi connectivity index (χ1n) is 10.4. The van der Waals surface area contributed by atoms with Crippen molar-refractivity contribution in [2.45, 2.75) is 32.2 Å². The summed E-state index contributed by atoms with van der Waals surface area (Å²) in [6.45, 7) is 4.01. The van der Waals surface area contributed by atoms with Gasteiger partial charge in [-0.2, -0.15) is 4.90 Å². The molecule has 0 radical (unpaired) electrons. The summed E-state index contributed by atoms with van der Waals surface area (Å²) in [5, 5.41) is 6.73. The molecule has 0 saturated carbocycles. The zero-order chi connectivity index (χ0) is 22.8. The maximum absolute atomic E-state index is 13.1. The van der Waals surface area contributed by atoms with Crippen LogP contribution in [-0.2, 0) is 9.53 Å². The predicted octanol–water partition coefficient (Wildman–Crippen LogP) is 4.86. The number of ether oxygens (including phenoxy) is 1. The number of imide groups is 1. The Balaban J connectivity index is 1.58. The van der Waals surface area contributed by atoms with Gasteiger partial charge in [0.1, 0.15) is 6.61 Å². The lowest BCUT2D eigenvalue weighted by atomic mass is 9.98. The van der Waals surface area contributed by atoms with Gasteiger partial charge in [0.05, 0.1) is 6.04 Å². The average Bonchev–Trinajstić information content (AvgIpc) is 3.33. The number of anilines is 1. The Morgan fingerprint density at radius 3 is 2.28 bits per heavy atom. The van der Waals surface area contributed by atoms with E-state index in [0.717, 1.165) is 38.5 Å². The molecule has 1 aliphatic carbocycles. The third-order valence-corrected chi connectivity index (χ3v) is 6.47. The quantitative estimate of drug-likeness (QED) is 0.501. The van der Waals surface area contributed by atoms with Gasteiger partial charge in [0.15, 0.2) is 3.95 Å². The molecule has 1 atom stereocenters. The van der Waals surface area contributed by atoms with Crippen molar-refractivity contribution < 1.29 is 14.3 Å². The molecule has 32 heavy (non-hydrogen) atoms. The number of fused-ring (bicyclic) bond motifs is 3. The first-order chi connectivity index (χ1) is 15.4. The standard InChI is InChI=1S/C23H24N4O3S2/c1-13(2)11-19(24)20(28)27(21-25-26-22(31)32-21)23(29)30-12-18-16-9-5-3-7-14(16)15-8-4-6-10-17(15)18/h3-10,13,18-19H,11-12,24H2,1-2H3,(H,26,31)/t19-/m0/s1. The summed E-state index contributed by atoms with van der Waals surface area (Å²) in [4.78, 5) is 27.1. The van der Waals surface area contributed by atoms with E-state index >= 15 is 0 Å². The highest BCUT2D eigenvalue weighted by Crippen LogP contribution is 2.44. The lowest BCUT2D eigenvalue weighted by molar-refractivity contribution is -0.119. The summed E-state index contributed by atoms with van der Waals surface area (Å²) in [6.07, 6.45) is -0.379. The second kappa shape index (κ2) is 9.32. The Morgan fingerprint density at radius 1 is 1.16 bits per heavy atom. The van der Waals surface area contributed by atoms with E-state index in [-0.39, 0.29) is 23.6 Å². The molecule has 2 aromatic carbocycles. The van der Waals surface area contributed by atoms with Crippen LogP contribution in [0.25, 0.3) is 11.1 Å². The Labute approximate surface area is 195 Å². The smallest absolute Gasteiger partial charge is 0.423 e. The van der Waals surface area contributed by atoms with Crippen LogP contribution in [0.2, 0.25) is 0 Å². The molecular weight excluding hydrogens is 444 g/mol. The van der Waals surface area contributed by atoms with Crippen molar-refractivity contribution in [3.63, 3.8) is 0 Å². The first kappa shape index (κ1) is 22.3. The van der Waals surface area contributed by atoms with Gasteiger partial charge >= 0.3 is 6.09 Å². The van der Waals surface area contributed by atoms with Gasteiger partial charge in [-0.05, 0) is 46.8 Å². The van der Waals surface area contributed by atoms with Crippen LogP contribution < -0.4 is 10.6 Å². The lowest BCUT2D eigenvalue weighted by Gasteiger charge is -2.23. The van der Waals surface area contributed by atoms with Crippen molar-refractivity contribution in [1.82, 2.24) is 10.2 Å². The van der Waals surface area contributed by atoms with E-state index in [2.05, 4.69) is 22.3 Å². The SMILES string of the molecule is CC(C)C[C@H](N)C(=O)N(C(=O)OCC1c2ccccc2-c2ccccc21)c1n[nH]c(=S)s1. The molecule has 3 aromatic rings. The van der Waals surface area contributed by atoms with Crippen molar-refractivity contribution in [2.75, 3.05) is 11.5 Å². The Hall–Kier alpha value is -2.88. The van der Waals surface area contributed by atoms with E-state index in [1.807, 2.05) is 50.2 Å². The van der Waals surface area contributed by atoms with Gasteiger partial charge in [0, 0.05) is 5.92 Å². The number of aromatic amines is 1. The van der Waals surface area contributed by atoms with Gasteiger partial charge in [-0.3, -0.25) is 9.89 Å². The molecule has 0 spiro atoms. The number of hydrogen-bond donors (Lipinski definition) is 2. The van der Waals surface area contributed by atoms with Crippen LogP contribution in [0.15, 0.2) is 48.5 Å². The molecule has 1 aliphatic rings. The number of nitrogens with zero attached hydrogens (tertiary/aromatic N) is 2. The zero-order valence-corrected chi connectivity index (χ0v) is 19.4. The van der Waals surface area contributed by atoms with Crippen molar-refractivity contribution in [1.29, 1.82) is 0 Å². The third-order valence-electron chi connectivity index (χ3n) is 5.40. The second-order valence-electron chi connectivity index (χ2n) is 8.11. The van der Waals surface area contributed by atoms with E-state index in [1.54, 1.807) is 0 Å². The van der Waals surface area contributed by atoms with Crippen LogP contribution in [0.3, 0.4) is 0 Å². The van der Waals surface area contributed by atoms with Crippen LogP contribution in [0.4, 0.5) is 9.93 Å². The van der Waals surface area contributed by atoms with Crippen LogP contribution in [0.5, 0.6) is 0 Å². The highest BCUT2D eigenvalue weighted by atomic mass is 32.1. The molecule has 0 unspecified atom stereocenters. The van der Waals surface area contributed by atoms with Gasteiger partial charge in [-0.15, -0.1) is 5.10 Å². The summed E-state index contributed by atoms with van der Waals surface area (Å²) in [5.41, 5.74) is 10.5. The fraction of sp³-hybridized carbons (Fsp3) is 0.304. The molecule has 2 amide bonds. The predicted molar refractivity (Wildman–Crippen MR) is 127 cm³/mol. The number of rotatable bonds is 6. The van der Waals surface area contributed by atoms with Gasteiger partial charge in [-0.25, -0.2) is 4.79 Å². The van der Waals surface area contributed by atoms with Gasteiger partial charge in [0.25, 0.3) is 5.91 Å². The van der Waals surface area contributed by atoms with E-state index in [0.29, 0.717) is 10.4 Å². The second-order valence-corrected chi connectivity index (χ2v) is 9.75. The van der Waals surface area contributed by atoms with Crippen LogP contribution >= 0.6 is 23.6 Å². The highest BCUT2D eigenvalue weighted by Gasteiger charge is 2.34. The maximum Gasteiger partial charge on any atom is 0.423 e. The van der Waals surface area contributed by atoms with Crippen LogP contribution in [0.1, 0.15) is 37.3 Å². The third kappa shape index (κ3) is 4.36. The van der Waals surface area contributed by atoms with Crippen LogP contribution in [0, 0.1) is 9.87 Å². The molecule has 7 nitrogen and oxygen atoms in total. The average molecular weight is 469 g/mol. The Bertz CT molecular complexity index is 1160. The molecule has 166 valence electrons. The number of aromatic nitrogens is 2. The largest absolute Gasteiger partial charge is 0.448 e. The number of hydrogen-bond acceptors (Lipinski definition) is 7. The number of benzene rings is 2. The maximum atomic E-state index is 13.1. The Morgan fingerprint density at radius 2 is 1.75 bits per heavy atom. The summed E-state index contributed by atoms with van der Waals surface area (Å²) in [5.74, 6) is -0.491. The van der Waals surface area contributed by atoms with E-state index in [9.17, 15) is 9.59 Å². The lowest BCUT2D eigenvalue weighted by Crippen LogP contribution is -2.48. The number of carbonyl (C=O) groups is 2. The van der Waals surface area contributed by atoms with E-state index in [1.165, 1.54) is 0 Å². The number of amides is 2. The minimum absolute atomic E-state index is 0.0892. The summed E-state index contributed by atoms with van der Waals surface area (Å²) in [6, 6.07) is 15.3. The minimum Gasteiger partial charge on any atom is -0.448 e. The van der Waals surface area contributed by atoms with Gasteiger partial charge in [-0.1, -0.05) is 73.7 Å². The first-order valence-corrected chi connectivity index (χ1v) is 11.6. The number of nitrogens with one attached hydrogen (secondary N) is 1. The summed E-state index contributed by atoms with van der Waals surface area (Å²) < 4.78 is 6.02. The van der Waals surface area contributed by atoms with Crippen molar-refractivity contribution in [3.05, 3.63) is 63.6 Å². The highest BCUT2D eigenvalue weighted by molar-refractivity contribution is 7.73. The molecule has 0 saturated heterocycles. The topological polar surface area (TPSA) is 101 Å². The molecule has 4 rings (SSSR count). The van der Waals surface area contributed by atoms with E-state index < -0.39 is 18.0 Å².